The van der Waals surface area contributed by atoms with Gasteiger partial charge >= 0.3 is 0 Å². The third-order valence-corrected chi connectivity index (χ3v) is 5.53. The van der Waals surface area contributed by atoms with Crippen LogP contribution in [0.25, 0.3) is 11.3 Å². The van der Waals surface area contributed by atoms with E-state index in [1.165, 1.54) is 0 Å². The van der Waals surface area contributed by atoms with E-state index in [1.807, 2.05) is 50.2 Å². The standard InChI is InChI=1S/C24H25N3O2/c1-3-15(2)24(29)27-23-21(13-16-7-5-4-6-8-16)25-22-19-11-10-18(28)14-17(19)9-12-20(22)26-23/h4-8,10-11,14-15,28H,3,9,12-13H2,1-2H3,(H,26,27,29). The number of hydrogen-bond donors (Lipinski definition) is 2. The Morgan fingerprint density at radius 3 is 2.69 bits per heavy atom. The normalized spacial score (nSPS) is 13.3. The highest BCUT2D eigenvalue weighted by atomic mass is 16.3. The van der Waals surface area contributed by atoms with Crippen LogP contribution in [0, 0.1) is 5.92 Å². The molecule has 148 valence electrons. The van der Waals surface area contributed by atoms with Crippen LogP contribution in [0.5, 0.6) is 5.75 Å². The van der Waals surface area contributed by atoms with E-state index in [4.69, 9.17) is 9.97 Å². The van der Waals surface area contributed by atoms with Crippen LogP contribution < -0.4 is 5.32 Å². The summed E-state index contributed by atoms with van der Waals surface area (Å²) >= 11 is 0. The van der Waals surface area contributed by atoms with E-state index < -0.39 is 0 Å². The van der Waals surface area contributed by atoms with Gasteiger partial charge in [0, 0.05) is 17.9 Å². The summed E-state index contributed by atoms with van der Waals surface area (Å²) in [4.78, 5) is 22.3. The zero-order chi connectivity index (χ0) is 20.4. The number of anilines is 1. The van der Waals surface area contributed by atoms with Gasteiger partial charge in [0.15, 0.2) is 5.82 Å². The van der Waals surface area contributed by atoms with Gasteiger partial charge in [-0.1, -0.05) is 44.2 Å². The van der Waals surface area contributed by atoms with Gasteiger partial charge in [0.05, 0.1) is 17.1 Å². The molecule has 4 rings (SSSR count). The van der Waals surface area contributed by atoms with E-state index in [0.29, 0.717) is 12.2 Å². The number of amides is 1. The van der Waals surface area contributed by atoms with Crippen LogP contribution >= 0.6 is 0 Å². The van der Waals surface area contributed by atoms with E-state index in [9.17, 15) is 9.90 Å². The number of fused-ring (bicyclic) bond motifs is 3. The van der Waals surface area contributed by atoms with Gasteiger partial charge in [0.2, 0.25) is 5.91 Å². The van der Waals surface area contributed by atoms with Crippen molar-refractivity contribution < 1.29 is 9.90 Å². The first-order valence-corrected chi connectivity index (χ1v) is 10.1. The smallest absolute Gasteiger partial charge is 0.228 e. The average molecular weight is 387 g/mol. The fourth-order valence-corrected chi connectivity index (χ4v) is 3.60. The minimum absolute atomic E-state index is 0.0304. The Morgan fingerprint density at radius 2 is 1.93 bits per heavy atom. The summed E-state index contributed by atoms with van der Waals surface area (Å²) in [6, 6.07) is 15.5. The third-order valence-electron chi connectivity index (χ3n) is 5.53. The van der Waals surface area contributed by atoms with Gasteiger partial charge in [-0.25, -0.2) is 9.97 Å². The summed E-state index contributed by atoms with van der Waals surface area (Å²) in [5.74, 6) is 0.709. The predicted octanol–water partition coefficient (Wildman–Crippen LogP) is 4.52. The molecule has 1 aliphatic rings. The summed E-state index contributed by atoms with van der Waals surface area (Å²) in [6.07, 6.45) is 2.89. The molecule has 0 radical (unpaired) electrons. The van der Waals surface area contributed by atoms with Gasteiger partial charge in [-0.3, -0.25) is 4.79 Å². The van der Waals surface area contributed by atoms with Crippen LogP contribution in [0.1, 0.15) is 42.8 Å². The van der Waals surface area contributed by atoms with E-state index in [1.54, 1.807) is 12.1 Å². The number of phenolic OH excluding ortho intramolecular Hbond substituents is 1. The van der Waals surface area contributed by atoms with Crippen molar-refractivity contribution in [3.63, 3.8) is 0 Å². The van der Waals surface area contributed by atoms with Crippen molar-refractivity contribution in [2.24, 2.45) is 5.92 Å². The van der Waals surface area contributed by atoms with E-state index >= 15 is 0 Å². The first-order valence-electron chi connectivity index (χ1n) is 10.1. The number of hydrogen-bond acceptors (Lipinski definition) is 4. The highest BCUT2D eigenvalue weighted by molar-refractivity contribution is 5.92. The van der Waals surface area contributed by atoms with Gasteiger partial charge in [-0.05, 0) is 48.6 Å². The SMILES string of the molecule is CCC(C)C(=O)Nc1nc2c(nc1Cc1ccccc1)-c1ccc(O)cc1CC2. The molecule has 0 fully saturated rings. The zero-order valence-corrected chi connectivity index (χ0v) is 16.8. The van der Waals surface area contributed by atoms with Gasteiger partial charge < -0.3 is 10.4 Å². The lowest BCUT2D eigenvalue weighted by atomic mass is 9.91. The maximum absolute atomic E-state index is 12.5. The Labute approximate surface area is 170 Å². The van der Waals surface area contributed by atoms with Gasteiger partial charge in [-0.15, -0.1) is 0 Å². The summed E-state index contributed by atoms with van der Waals surface area (Å²) < 4.78 is 0. The Hall–Kier alpha value is -3.21. The fraction of sp³-hybridized carbons (Fsp3) is 0.292. The van der Waals surface area contributed by atoms with Crippen molar-refractivity contribution in [1.82, 2.24) is 9.97 Å². The lowest BCUT2D eigenvalue weighted by Gasteiger charge is -2.21. The van der Waals surface area contributed by atoms with Crippen molar-refractivity contribution >= 4 is 11.7 Å². The third kappa shape index (κ3) is 3.99. The van der Waals surface area contributed by atoms with Crippen LogP contribution in [0.2, 0.25) is 0 Å². The quantitative estimate of drug-likeness (QED) is 0.675. The van der Waals surface area contributed by atoms with Crippen molar-refractivity contribution in [2.75, 3.05) is 5.32 Å². The average Bonchev–Trinajstić information content (AvgIpc) is 2.74. The number of aromatic hydroxyl groups is 1. The molecule has 1 atom stereocenters. The molecule has 0 saturated carbocycles. The number of aryl methyl sites for hydroxylation is 2. The first-order chi connectivity index (χ1) is 14.0. The van der Waals surface area contributed by atoms with Gasteiger partial charge in [0.25, 0.3) is 0 Å². The maximum atomic E-state index is 12.5. The number of nitrogens with zero attached hydrogens (tertiary/aromatic N) is 2. The molecule has 1 aliphatic carbocycles. The Morgan fingerprint density at radius 1 is 1.14 bits per heavy atom. The van der Waals surface area contributed by atoms with Crippen molar-refractivity contribution in [1.29, 1.82) is 0 Å². The molecule has 1 unspecified atom stereocenters. The number of nitrogens with one attached hydrogen (secondary N) is 1. The molecule has 3 aromatic rings. The summed E-state index contributed by atoms with van der Waals surface area (Å²) in [5.41, 5.74) is 5.69. The predicted molar refractivity (Wildman–Crippen MR) is 114 cm³/mol. The molecular weight excluding hydrogens is 362 g/mol. The van der Waals surface area contributed by atoms with E-state index in [2.05, 4.69) is 5.32 Å². The molecular formula is C24H25N3O2. The second-order valence-corrected chi connectivity index (χ2v) is 7.62. The number of aromatic nitrogens is 2. The molecule has 1 aromatic heterocycles. The number of carbonyl (C=O) groups excluding carboxylic acids is 1. The van der Waals surface area contributed by atoms with Crippen LogP contribution in [0.4, 0.5) is 5.82 Å². The molecule has 5 heteroatoms. The molecule has 2 N–H and O–H groups in total. The monoisotopic (exact) mass is 387 g/mol. The van der Waals surface area contributed by atoms with Crippen molar-refractivity contribution in [2.45, 2.75) is 39.5 Å². The topological polar surface area (TPSA) is 75.1 Å². The number of benzene rings is 2. The summed E-state index contributed by atoms with van der Waals surface area (Å²) in [6.45, 7) is 3.92. The van der Waals surface area contributed by atoms with Crippen LogP contribution in [0.3, 0.4) is 0 Å². The first kappa shape index (κ1) is 19.1. The Bertz CT molecular complexity index is 1050. The zero-order valence-electron chi connectivity index (χ0n) is 16.8. The largest absolute Gasteiger partial charge is 0.508 e. The van der Waals surface area contributed by atoms with E-state index in [0.717, 1.165) is 53.0 Å². The minimum atomic E-state index is -0.0823. The number of phenols is 1. The maximum Gasteiger partial charge on any atom is 0.228 e. The summed E-state index contributed by atoms with van der Waals surface area (Å²) in [5, 5.41) is 12.8. The van der Waals surface area contributed by atoms with Crippen molar-refractivity contribution in [3.05, 3.63) is 71.0 Å². The fourth-order valence-electron chi connectivity index (χ4n) is 3.60. The molecule has 0 spiro atoms. The number of carbonyl (C=O) groups is 1. The highest BCUT2D eigenvalue weighted by Gasteiger charge is 2.23. The van der Waals surface area contributed by atoms with Gasteiger partial charge in [0.1, 0.15) is 5.75 Å². The second-order valence-electron chi connectivity index (χ2n) is 7.62. The molecule has 2 aromatic carbocycles. The molecule has 0 saturated heterocycles. The minimum Gasteiger partial charge on any atom is -0.508 e. The molecule has 5 nitrogen and oxygen atoms in total. The molecule has 29 heavy (non-hydrogen) atoms. The molecule has 0 bridgehead atoms. The lowest BCUT2D eigenvalue weighted by Crippen LogP contribution is -2.23. The van der Waals surface area contributed by atoms with Crippen molar-refractivity contribution in [3.8, 4) is 17.0 Å². The molecule has 1 amide bonds. The summed E-state index contributed by atoms with van der Waals surface area (Å²) in [7, 11) is 0. The second kappa shape index (κ2) is 8.03. The van der Waals surface area contributed by atoms with Crippen LogP contribution in [0.15, 0.2) is 48.5 Å². The molecule has 1 heterocycles. The highest BCUT2D eigenvalue weighted by Crippen LogP contribution is 2.35. The van der Waals surface area contributed by atoms with Crippen LogP contribution in [-0.4, -0.2) is 21.0 Å². The van der Waals surface area contributed by atoms with Crippen LogP contribution in [-0.2, 0) is 24.1 Å². The molecule has 0 aliphatic heterocycles. The lowest BCUT2D eigenvalue weighted by molar-refractivity contribution is -0.119. The number of rotatable bonds is 5. The Kier molecular flexibility index (Phi) is 5.30. The van der Waals surface area contributed by atoms with Gasteiger partial charge in [-0.2, -0.15) is 0 Å². The Balaban J connectivity index is 1.78. The van der Waals surface area contributed by atoms with E-state index in [-0.39, 0.29) is 17.6 Å².